The van der Waals surface area contributed by atoms with E-state index in [1.54, 1.807) is 6.07 Å². The first-order valence-corrected chi connectivity index (χ1v) is 5.41. The quantitative estimate of drug-likeness (QED) is 0.811. The Kier molecular flexibility index (Phi) is 3.04. The minimum absolute atomic E-state index is 0.280. The number of amides is 1. The van der Waals surface area contributed by atoms with Crippen molar-refractivity contribution in [1.29, 1.82) is 0 Å². The van der Waals surface area contributed by atoms with Crippen LogP contribution in [0.3, 0.4) is 0 Å². The molecule has 0 atom stereocenters. The molecule has 0 radical (unpaired) electrons. The summed E-state index contributed by atoms with van der Waals surface area (Å²) in [6.07, 6.45) is 0. The third kappa shape index (κ3) is 1.77. The number of carbonyl (C=O) groups is 2. The number of benzene rings is 1. The van der Waals surface area contributed by atoms with Crippen LogP contribution in [0.1, 0.15) is 10.4 Å². The number of hydrogen-bond acceptors (Lipinski definition) is 4. The Balaban J connectivity index is 2.55. The highest BCUT2D eigenvalue weighted by molar-refractivity contribution is 6.52. The van der Waals surface area contributed by atoms with Gasteiger partial charge in [0.25, 0.3) is 11.7 Å². The predicted molar refractivity (Wildman–Crippen MR) is 63.7 cm³/mol. The second-order valence-corrected chi connectivity index (χ2v) is 3.99. The van der Waals surface area contributed by atoms with Gasteiger partial charge in [-0.05, 0) is 12.1 Å². The van der Waals surface area contributed by atoms with Crippen molar-refractivity contribution >= 4 is 29.0 Å². The largest absolute Gasteiger partial charge is 0.495 e. The molecule has 1 aromatic carbocycles. The Bertz CT molecular complexity index is 502. The number of rotatable bonds is 3. The van der Waals surface area contributed by atoms with E-state index < -0.39 is 11.7 Å². The Labute approximate surface area is 103 Å². The molecule has 1 aliphatic heterocycles. The van der Waals surface area contributed by atoms with Crippen molar-refractivity contribution in [3.63, 3.8) is 0 Å². The van der Waals surface area contributed by atoms with E-state index in [1.165, 1.54) is 18.1 Å². The van der Waals surface area contributed by atoms with Gasteiger partial charge in [-0.3, -0.25) is 9.59 Å². The lowest BCUT2D eigenvalue weighted by molar-refractivity contribution is -0.114. The van der Waals surface area contributed by atoms with Gasteiger partial charge in [-0.1, -0.05) is 11.6 Å². The average molecular weight is 255 g/mol. The molecule has 0 saturated carbocycles. The van der Waals surface area contributed by atoms with Crippen LogP contribution in [0.4, 0.5) is 5.69 Å². The summed E-state index contributed by atoms with van der Waals surface area (Å²) in [5.41, 5.74) is 6.21. The van der Waals surface area contributed by atoms with E-state index in [-0.39, 0.29) is 6.54 Å². The molecular formula is C11H11ClN2O3. The van der Waals surface area contributed by atoms with Crippen LogP contribution in [0.15, 0.2) is 12.1 Å². The van der Waals surface area contributed by atoms with Gasteiger partial charge in [0.2, 0.25) is 0 Å². The fourth-order valence-corrected chi connectivity index (χ4v) is 2.04. The predicted octanol–water partition coefficient (Wildman–Crippen LogP) is 0.837. The van der Waals surface area contributed by atoms with Crippen LogP contribution < -0.4 is 15.4 Å². The number of nitrogens with zero attached hydrogens (tertiary/aromatic N) is 1. The van der Waals surface area contributed by atoms with Gasteiger partial charge in [0.1, 0.15) is 5.75 Å². The molecule has 0 bridgehead atoms. The van der Waals surface area contributed by atoms with Gasteiger partial charge in [-0.15, -0.1) is 0 Å². The smallest absolute Gasteiger partial charge is 0.299 e. The summed E-state index contributed by atoms with van der Waals surface area (Å²) in [6, 6.07) is 3.03. The van der Waals surface area contributed by atoms with Crippen molar-refractivity contribution in [2.24, 2.45) is 5.73 Å². The molecule has 0 aliphatic carbocycles. The zero-order valence-electron chi connectivity index (χ0n) is 9.20. The standard InChI is InChI=1S/C11H11ClN2O3/c1-17-9-4-6-8(5-7(9)12)14(3-2-13)11(16)10(6)15/h4-5H,2-3,13H2,1H3. The molecule has 1 amide bonds. The molecule has 2 rings (SSSR count). The van der Waals surface area contributed by atoms with Crippen molar-refractivity contribution in [3.05, 3.63) is 22.7 Å². The number of ketones is 1. The van der Waals surface area contributed by atoms with Crippen LogP contribution in [0, 0.1) is 0 Å². The second-order valence-electron chi connectivity index (χ2n) is 3.58. The molecule has 90 valence electrons. The Hall–Kier alpha value is -1.59. The maximum Gasteiger partial charge on any atom is 0.299 e. The Morgan fingerprint density at radius 3 is 2.71 bits per heavy atom. The van der Waals surface area contributed by atoms with Gasteiger partial charge >= 0.3 is 0 Å². The van der Waals surface area contributed by atoms with Crippen LogP contribution in [0.25, 0.3) is 0 Å². The van der Waals surface area contributed by atoms with Crippen molar-refractivity contribution in [1.82, 2.24) is 0 Å². The second kappa shape index (κ2) is 4.35. The molecule has 2 N–H and O–H groups in total. The average Bonchev–Trinajstić information content (AvgIpc) is 2.54. The molecule has 1 aromatic rings. The molecule has 5 nitrogen and oxygen atoms in total. The lowest BCUT2D eigenvalue weighted by Crippen LogP contribution is -2.34. The molecule has 17 heavy (non-hydrogen) atoms. The zero-order valence-corrected chi connectivity index (χ0v) is 9.95. The van der Waals surface area contributed by atoms with Crippen LogP contribution in [0.2, 0.25) is 5.02 Å². The minimum Gasteiger partial charge on any atom is -0.495 e. The minimum atomic E-state index is -0.574. The van der Waals surface area contributed by atoms with E-state index in [2.05, 4.69) is 0 Å². The van der Waals surface area contributed by atoms with Gasteiger partial charge in [0.05, 0.1) is 23.4 Å². The van der Waals surface area contributed by atoms with Gasteiger partial charge < -0.3 is 15.4 Å². The maximum absolute atomic E-state index is 11.7. The van der Waals surface area contributed by atoms with Crippen LogP contribution in [-0.4, -0.2) is 31.9 Å². The van der Waals surface area contributed by atoms with Crippen molar-refractivity contribution in [3.8, 4) is 5.75 Å². The van der Waals surface area contributed by atoms with Crippen LogP contribution in [0.5, 0.6) is 5.75 Å². The number of fused-ring (bicyclic) bond motifs is 1. The number of ether oxygens (including phenoxy) is 1. The van der Waals surface area contributed by atoms with Crippen LogP contribution in [-0.2, 0) is 4.79 Å². The van der Waals surface area contributed by atoms with Gasteiger partial charge in [0, 0.05) is 13.1 Å². The SMILES string of the molecule is COc1cc2c(cc1Cl)N(CCN)C(=O)C2=O. The first kappa shape index (κ1) is 11.9. The molecule has 1 aliphatic rings. The van der Waals surface area contributed by atoms with Crippen molar-refractivity contribution in [2.45, 2.75) is 0 Å². The fourth-order valence-electron chi connectivity index (χ4n) is 1.80. The van der Waals surface area contributed by atoms with E-state index >= 15 is 0 Å². The zero-order chi connectivity index (χ0) is 12.6. The normalized spacial score (nSPS) is 14.2. The van der Waals surface area contributed by atoms with Gasteiger partial charge in [-0.25, -0.2) is 0 Å². The summed E-state index contributed by atoms with van der Waals surface area (Å²) < 4.78 is 5.01. The van der Waals surface area contributed by atoms with Gasteiger partial charge in [0.15, 0.2) is 0 Å². The lowest BCUT2D eigenvalue weighted by atomic mass is 10.1. The number of hydrogen-bond donors (Lipinski definition) is 1. The Morgan fingerprint density at radius 2 is 2.12 bits per heavy atom. The summed E-state index contributed by atoms with van der Waals surface area (Å²) >= 11 is 5.96. The van der Waals surface area contributed by atoms with E-state index in [4.69, 9.17) is 22.1 Å². The number of Topliss-reactive ketones (excluding diaryl/α,β-unsaturated/α-hetero) is 1. The highest BCUT2D eigenvalue weighted by Gasteiger charge is 2.36. The van der Waals surface area contributed by atoms with Crippen LogP contribution >= 0.6 is 11.6 Å². The molecule has 6 heteroatoms. The monoisotopic (exact) mass is 254 g/mol. The summed E-state index contributed by atoms with van der Waals surface area (Å²) in [5, 5.41) is 0.357. The van der Waals surface area contributed by atoms with Crippen molar-refractivity contribution in [2.75, 3.05) is 25.1 Å². The molecule has 0 saturated heterocycles. The molecule has 0 spiro atoms. The summed E-state index contributed by atoms with van der Waals surface area (Å²) in [6.45, 7) is 0.572. The fraction of sp³-hybridized carbons (Fsp3) is 0.273. The maximum atomic E-state index is 11.7. The topological polar surface area (TPSA) is 72.6 Å². The number of carbonyl (C=O) groups excluding carboxylic acids is 2. The van der Waals surface area contributed by atoms with E-state index in [0.29, 0.717) is 28.6 Å². The first-order valence-electron chi connectivity index (χ1n) is 5.04. The molecular weight excluding hydrogens is 244 g/mol. The molecule has 1 heterocycles. The molecule has 0 unspecified atom stereocenters. The van der Waals surface area contributed by atoms with E-state index in [0.717, 1.165) is 0 Å². The van der Waals surface area contributed by atoms with E-state index in [9.17, 15) is 9.59 Å². The number of methoxy groups -OCH3 is 1. The molecule has 0 aromatic heterocycles. The number of halogens is 1. The summed E-state index contributed by atoms with van der Waals surface area (Å²) in [4.78, 5) is 24.8. The number of nitrogens with two attached hydrogens (primary N) is 1. The first-order chi connectivity index (χ1) is 8.10. The van der Waals surface area contributed by atoms with Crippen molar-refractivity contribution < 1.29 is 14.3 Å². The third-order valence-electron chi connectivity index (χ3n) is 2.60. The highest BCUT2D eigenvalue weighted by atomic mass is 35.5. The Morgan fingerprint density at radius 1 is 1.41 bits per heavy atom. The third-order valence-corrected chi connectivity index (χ3v) is 2.89. The number of anilines is 1. The van der Waals surface area contributed by atoms with Gasteiger partial charge in [-0.2, -0.15) is 0 Å². The summed E-state index contributed by atoms with van der Waals surface area (Å²) in [5.74, 6) is -0.751. The summed E-state index contributed by atoms with van der Waals surface area (Å²) in [7, 11) is 1.45. The highest BCUT2D eigenvalue weighted by Crippen LogP contribution is 2.37. The lowest BCUT2D eigenvalue weighted by Gasteiger charge is -2.15. The van der Waals surface area contributed by atoms with E-state index in [1.807, 2.05) is 0 Å². The molecule has 0 fully saturated rings.